The minimum atomic E-state index is -0.166. The molecule has 2 rings (SSSR count). The van der Waals surface area contributed by atoms with Crippen molar-refractivity contribution < 1.29 is 9.53 Å². The van der Waals surface area contributed by atoms with E-state index >= 15 is 0 Å². The second-order valence-electron chi connectivity index (χ2n) is 4.78. The molecule has 0 saturated carbocycles. The third kappa shape index (κ3) is 6.49. The van der Waals surface area contributed by atoms with Gasteiger partial charge in [-0.25, -0.2) is 0 Å². The van der Waals surface area contributed by atoms with Crippen molar-refractivity contribution in [2.45, 2.75) is 6.04 Å². The summed E-state index contributed by atoms with van der Waals surface area (Å²) >= 11 is 7.55. The molecule has 0 fully saturated rings. The second-order valence-corrected chi connectivity index (χ2v) is 5.99. The van der Waals surface area contributed by atoms with Crippen molar-refractivity contribution in [1.29, 1.82) is 0 Å². The molecule has 1 atom stereocenters. The van der Waals surface area contributed by atoms with Gasteiger partial charge in [-0.2, -0.15) is 11.3 Å². The summed E-state index contributed by atoms with van der Waals surface area (Å²) in [6.45, 7) is 1.49. The highest BCUT2D eigenvalue weighted by Crippen LogP contribution is 2.25. The first-order valence-electron chi connectivity index (χ1n) is 6.97. The Morgan fingerprint density at radius 2 is 2.00 bits per heavy atom. The molecule has 1 unspecified atom stereocenters. The Morgan fingerprint density at radius 1 is 1.26 bits per heavy atom. The minimum absolute atomic E-state index is 0. The number of halogens is 2. The zero-order valence-electron chi connectivity index (χ0n) is 12.8. The van der Waals surface area contributed by atoms with Crippen molar-refractivity contribution in [3.8, 4) is 0 Å². The van der Waals surface area contributed by atoms with Gasteiger partial charge in [0.05, 0.1) is 19.2 Å². The van der Waals surface area contributed by atoms with Crippen LogP contribution in [0.25, 0.3) is 0 Å². The molecule has 1 amide bonds. The summed E-state index contributed by atoms with van der Waals surface area (Å²) in [5.74, 6) is -0.0535. The van der Waals surface area contributed by atoms with Crippen molar-refractivity contribution in [3.63, 3.8) is 0 Å². The molecule has 0 radical (unpaired) electrons. The zero-order chi connectivity index (χ0) is 15.8. The van der Waals surface area contributed by atoms with E-state index in [2.05, 4.69) is 10.6 Å². The molecule has 0 aliphatic carbocycles. The van der Waals surface area contributed by atoms with Gasteiger partial charge in [-0.1, -0.05) is 23.7 Å². The Hall–Kier alpha value is -1.11. The maximum absolute atomic E-state index is 12.1. The van der Waals surface area contributed by atoms with Crippen LogP contribution in [0.1, 0.15) is 17.2 Å². The summed E-state index contributed by atoms with van der Waals surface area (Å²) in [6.07, 6.45) is 0. The number of carbonyl (C=O) groups excluding carboxylic acids is 1. The third-order valence-corrected chi connectivity index (χ3v) is 4.11. The van der Waals surface area contributed by atoms with Crippen LogP contribution in [0.4, 0.5) is 0 Å². The SMILES string of the molecule is COCCNCC(=O)NC(c1ccc(Cl)cc1)c1ccsc1.Cl. The molecule has 23 heavy (non-hydrogen) atoms. The zero-order valence-corrected chi connectivity index (χ0v) is 15.1. The first kappa shape index (κ1) is 19.9. The van der Waals surface area contributed by atoms with E-state index in [1.165, 1.54) is 0 Å². The molecule has 4 nitrogen and oxygen atoms in total. The van der Waals surface area contributed by atoms with E-state index in [1.54, 1.807) is 18.4 Å². The van der Waals surface area contributed by atoms with E-state index < -0.39 is 0 Å². The number of rotatable bonds is 8. The van der Waals surface area contributed by atoms with Crippen LogP contribution in [0.5, 0.6) is 0 Å². The van der Waals surface area contributed by atoms with Gasteiger partial charge in [-0.15, -0.1) is 12.4 Å². The number of hydrogen-bond acceptors (Lipinski definition) is 4. The fourth-order valence-electron chi connectivity index (χ4n) is 2.04. The van der Waals surface area contributed by atoms with Gasteiger partial charge in [0.25, 0.3) is 0 Å². The molecule has 126 valence electrons. The predicted octanol–water partition coefficient (Wildman–Crippen LogP) is 3.26. The number of methoxy groups -OCH3 is 1. The standard InChI is InChI=1S/C16H19ClN2O2S.ClH/c1-21-8-7-18-10-15(20)19-16(13-6-9-22-11-13)12-2-4-14(17)5-3-12;/h2-6,9,11,16,18H,7-8,10H2,1H3,(H,19,20);1H. The lowest BCUT2D eigenvalue weighted by atomic mass is 10.0. The van der Waals surface area contributed by atoms with E-state index in [0.29, 0.717) is 18.2 Å². The molecule has 2 N–H and O–H groups in total. The average Bonchev–Trinajstić information content (AvgIpc) is 3.04. The molecular weight excluding hydrogens is 355 g/mol. The Balaban J connectivity index is 0.00000264. The maximum Gasteiger partial charge on any atom is 0.234 e. The van der Waals surface area contributed by atoms with Crippen LogP contribution in [-0.4, -0.2) is 32.7 Å². The van der Waals surface area contributed by atoms with Crippen LogP contribution in [-0.2, 0) is 9.53 Å². The summed E-state index contributed by atoms with van der Waals surface area (Å²) in [5.41, 5.74) is 2.07. The van der Waals surface area contributed by atoms with Crippen molar-refractivity contribution in [3.05, 3.63) is 57.2 Å². The molecule has 0 bridgehead atoms. The summed E-state index contributed by atoms with van der Waals surface area (Å²) < 4.78 is 4.94. The largest absolute Gasteiger partial charge is 0.383 e. The summed E-state index contributed by atoms with van der Waals surface area (Å²) in [7, 11) is 1.63. The van der Waals surface area contributed by atoms with Crippen LogP contribution >= 0.6 is 35.3 Å². The van der Waals surface area contributed by atoms with E-state index in [9.17, 15) is 4.79 Å². The van der Waals surface area contributed by atoms with Crippen LogP contribution in [0.3, 0.4) is 0 Å². The Bertz CT molecular complexity index is 576. The Kier molecular flexibility index (Phi) is 9.21. The number of carbonyl (C=O) groups is 1. The van der Waals surface area contributed by atoms with Crippen molar-refractivity contribution in [2.75, 3.05) is 26.8 Å². The molecule has 1 heterocycles. The van der Waals surface area contributed by atoms with Gasteiger partial charge < -0.3 is 15.4 Å². The van der Waals surface area contributed by atoms with E-state index in [0.717, 1.165) is 11.1 Å². The van der Waals surface area contributed by atoms with Gasteiger partial charge in [-0.05, 0) is 40.1 Å². The molecule has 0 aliphatic heterocycles. The highest BCUT2D eigenvalue weighted by Gasteiger charge is 2.17. The van der Waals surface area contributed by atoms with E-state index in [1.807, 2.05) is 41.1 Å². The molecular formula is C16H20Cl2N2O2S. The van der Waals surface area contributed by atoms with Gasteiger partial charge in [0.2, 0.25) is 5.91 Å². The number of hydrogen-bond donors (Lipinski definition) is 2. The number of ether oxygens (including phenoxy) is 1. The second kappa shape index (κ2) is 10.6. The van der Waals surface area contributed by atoms with Crippen LogP contribution in [0.2, 0.25) is 5.02 Å². The Labute approximate surface area is 151 Å². The quantitative estimate of drug-likeness (QED) is 0.697. The first-order valence-corrected chi connectivity index (χ1v) is 8.29. The highest BCUT2D eigenvalue weighted by atomic mass is 35.5. The first-order chi connectivity index (χ1) is 10.7. The maximum atomic E-state index is 12.1. The van der Waals surface area contributed by atoms with Crippen molar-refractivity contribution in [2.24, 2.45) is 0 Å². The third-order valence-electron chi connectivity index (χ3n) is 3.15. The number of nitrogens with one attached hydrogen (secondary N) is 2. The molecule has 0 spiro atoms. The summed E-state index contributed by atoms with van der Waals surface area (Å²) in [4.78, 5) is 12.1. The molecule has 0 saturated heterocycles. The van der Waals surface area contributed by atoms with E-state index in [-0.39, 0.29) is 30.9 Å². The van der Waals surface area contributed by atoms with Gasteiger partial charge in [0.15, 0.2) is 0 Å². The van der Waals surface area contributed by atoms with Gasteiger partial charge in [0.1, 0.15) is 0 Å². The van der Waals surface area contributed by atoms with Gasteiger partial charge in [-0.3, -0.25) is 4.79 Å². The van der Waals surface area contributed by atoms with Crippen LogP contribution in [0, 0.1) is 0 Å². The normalized spacial score (nSPS) is 11.6. The molecule has 0 aliphatic rings. The highest BCUT2D eigenvalue weighted by molar-refractivity contribution is 7.08. The summed E-state index contributed by atoms with van der Waals surface area (Å²) in [5, 5.41) is 10.8. The lowest BCUT2D eigenvalue weighted by Gasteiger charge is -2.19. The molecule has 7 heteroatoms. The molecule has 1 aromatic heterocycles. The minimum Gasteiger partial charge on any atom is -0.383 e. The molecule has 1 aromatic carbocycles. The smallest absolute Gasteiger partial charge is 0.234 e. The number of amides is 1. The average molecular weight is 375 g/mol. The van der Waals surface area contributed by atoms with Crippen molar-refractivity contribution in [1.82, 2.24) is 10.6 Å². The molecule has 2 aromatic rings. The summed E-state index contributed by atoms with van der Waals surface area (Å²) in [6, 6.07) is 9.38. The Morgan fingerprint density at radius 3 is 2.61 bits per heavy atom. The fourth-order valence-corrected chi connectivity index (χ4v) is 2.85. The predicted molar refractivity (Wildman–Crippen MR) is 97.8 cm³/mol. The van der Waals surface area contributed by atoms with E-state index in [4.69, 9.17) is 16.3 Å². The lowest BCUT2D eigenvalue weighted by molar-refractivity contribution is -0.120. The fraction of sp³-hybridized carbons (Fsp3) is 0.312. The number of thiophene rings is 1. The van der Waals surface area contributed by atoms with Crippen LogP contribution in [0.15, 0.2) is 41.1 Å². The van der Waals surface area contributed by atoms with Gasteiger partial charge >= 0.3 is 0 Å². The topological polar surface area (TPSA) is 50.4 Å². The monoisotopic (exact) mass is 374 g/mol. The number of benzene rings is 1. The lowest BCUT2D eigenvalue weighted by Crippen LogP contribution is -2.37. The van der Waals surface area contributed by atoms with Crippen molar-refractivity contribution >= 4 is 41.3 Å². The van der Waals surface area contributed by atoms with Crippen LogP contribution < -0.4 is 10.6 Å². The van der Waals surface area contributed by atoms with Gasteiger partial charge in [0, 0.05) is 18.7 Å².